The van der Waals surface area contributed by atoms with Crippen molar-refractivity contribution in [3.63, 3.8) is 0 Å². The van der Waals surface area contributed by atoms with Gasteiger partial charge in [-0.1, -0.05) is 53.5 Å². The largest absolute Gasteiger partial charge is 0.367 e. The highest BCUT2D eigenvalue weighted by Crippen LogP contribution is 2.39. The maximum atomic E-state index is 6.40. The average molecular weight is 317 g/mol. The third-order valence-corrected chi connectivity index (χ3v) is 3.96. The fourth-order valence-corrected chi connectivity index (χ4v) is 2.95. The molecule has 3 heteroatoms. The lowest BCUT2D eigenvalue weighted by molar-refractivity contribution is 0.606. The average Bonchev–Trinajstić information content (AvgIpc) is 3.09. The summed E-state index contributed by atoms with van der Waals surface area (Å²) < 4.78 is 0. The topological polar surface area (TPSA) is 3.24 Å². The standard InChI is InChI=1S/C14H19BrClN/c1-10(2)9-17(12-6-7-12)14-11(8-15)4-3-5-13(14)16/h3-5,10,12H,6-9H2,1-2H3. The van der Waals surface area contributed by atoms with Crippen LogP contribution in [0.4, 0.5) is 5.69 Å². The maximum Gasteiger partial charge on any atom is 0.0642 e. The molecule has 1 aromatic rings. The third kappa shape index (κ3) is 3.17. The van der Waals surface area contributed by atoms with Gasteiger partial charge in [0.2, 0.25) is 0 Å². The summed E-state index contributed by atoms with van der Waals surface area (Å²) >= 11 is 9.96. The Balaban J connectivity index is 2.34. The fourth-order valence-electron chi connectivity index (χ4n) is 2.19. The SMILES string of the molecule is CC(C)CN(c1c(Cl)cccc1CBr)C1CC1. The van der Waals surface area contributed by atoms with E-state index in [0.29, 0.717) is 12.0 Å². The van der Waals surface area contributed by atoms with Crippen molar-refractivity contribution in [2.75, 3.05) is 11.4 Å². The molecule has 0 aliphatic heterocycles. The molecule has 0 aromatic heterocycles. The number of rotatable bonds is 5. The Labute approximate surface area is 117 Å². The fraction of sp³-hybridized carbons (Fsp3) is 0.571. The Morgan fingerprint density at radius 1 is 1.41 bits per heavy atom. The summed E-state index contributed by atoms with van der Waals surface area (Å²) in [4.78, 5) is 2.50. The molecule has 0 amide bonds. The van der Waals surface area contributed by atoms with Crippen LogP contribution in [-0.2, 0) is 5.33 Å². The predicted molar refractivity (Wildman–Crippen MR) is 79.3 cm³/mol. The summed E-state index contributed by atoms with van der Waals surface area (Å²) in [6.07, 6.45) is 2.61. The molecule has 1 aliphatic carbocycles. The number of hydrogen-bond acceptors (Lipinski definition) is 1. The van der Waals surface area contributed by atoms with Gasteiger partial charge in [0.25, 0.3) is 0 Å². The van der Waals surface area contributed by atoms with E-state index in [-0.39, 0.29) is 0 Å². The summed E-state index contributed by atoms with van der Waals surface area (Å²) in [5.41, 5.74) is 2.53. The third-order valence-electron chi connectivity index (χ3n) is 3.05. The van der Waals surface area contributed by atoms with Crippen molar-refractivity contribution in [2.24, 2.45) is 5.92 Å². The van der Waals surface area contributed by atoms with Gasteiger partial charge in [-0.3, -0.25) is 0 Å². The number of nitrogens with zero attached hydrogens (tertiary/aromatic N) is 1. The van der Waals surface area contributed by atoms with E-state index >= 15 is 0 Å². The Kier molecular flexibility index (Phi) is 4.37. The Morgan fingerprint density at radius 2 is 2.12 bits per heavy atom. The molecule has 1 aromatic carbocycles. The van der Waals surface area contributed by atoms with Gasteiger partial charge >= 0.3 is 0 Å². The van der Waals surface area contributed by atoms with Crippen LogP contribution in [0.3, 0.4) is 0 Å². The highest BCUT2D eigenvalue weighted by Gasteiger charge is 2.31. The lowest BCUT2D eigenvalue weighted by Gasteiger charge is -2.29. The van der Waals surface area contributed by atoms with E-state index in [1.165, 1.54) is 24.1 Å². The van der Waals surface area contributed by atoms with E-state index in [1.54, 1.807) is 0 Å². The van der Waals surface area contributed by atoms with Crippen molar-refractivity contribution in [2.45, 2.75) is 38.1 Å². The molecule has 0 saturated heterocycles. The number of anilines is 1. The molecular weight excluding hydrogens is 298 g/mol. The van der Waals surface area contributed by atoms with E-state index in [1.807, 2.05) is 12.1 Å². The molecule has 0 spiro atoms. The smallest absolute Gasteiger partial charge is 0.0642 e. The van der Waals surface area contributed by atoms with Crippen molar-refractivity contribution >= 4 is 33.2 Å². The number of para-hydroxylation sites is 1. The van der Waals surface area contributed by atoms with E-state index in [2.05, 4.69) is 40.7 Å². The van der Waals surface area contributed by atoms with Crippen LogP contribution in [0.2, 0.25) is 5.02 Å². The zero-order valence-electron chi connectivity index (χ0n) is 10.4. The first-order chi connectivity index (χ1) is 8.13. The molecule has 1 nitrogen and oxygen atoms in total. The number of alkyl halides is 1. The predicted octanol–water partition coefficient (Wildman–Crippen LogP) is 4.86. The van der Waals surface area contributed by atoms with E-state index in [0.717, 1.165) is 16.9 Å². The van der Waals surface area contributed by atoms with Crippen molar-refractivity contribution in [3.8, 4) is 0 Å². The maximum absolute atomic E-state index is 6.40. The van der Waals surface area contributed by atoms with Crippen molar-refractivity contribution in [1.82, 2.24) is 0 Å². The molecule has 2 rings (SSSR count). The van der Waals surface area contributed by atoms with E-state index in [4.69, 9.17) is 11.6 Å². The first-order valence-electron chi connectivity index (χ1n) is 6.23. The summed E-state index contributed by atoms with van der Waals surface area (Å²) in [7, 11) is 0. The summed E-state index contributed by atoms with van der Waals surface area (Å²) in [5, 5.41) is 1.75. The van der Waals surface area contributed by atoms with Crippen LogP contribution >= 0.6 is 27.5 Å². The number of hydrogen-bond donors (Lipinski definition) is 0. The van der Waals surface area contributed by atoms with Gasteiger partial charge in [-0.25, -0.2) is 0 Å². The molecule has 0 heterocycles. The lowest BCUT2D eigenvalue weighted by atomic mass is 10.1. The van der Waals surface area contributed by atoms with Crippen molar-refractivity contribution < 1.29 is 0 Å². The van der Waals surface area contributed by atoms with Gasteiger partial charge in [0.15, 0.2) is 0 Å². The minimum Gasteiger partial charge on any atom is -0.367 e. The van der Waals surface area contributed by atoms with Gasteiger partial charge in [0.1, 0.15) is 0 Å². The van der Waals surface area contributed by atoms with Gasteiger partial charge in [0.05, 0.1) is 10.7 Å². The van der Waals surface area contributed by atoms with Gasteiger partial charge < -0.3 is 4.90 Å². The van der Waals surface area contributed by atoms with Crippen molar-refractivity contribution in [1.29, 1.82) is 0 Å². The van der Waals surface area contributed by atoms with Gasteiger partial charge in [-0.2, -0.15) is 0 Å². The minimum atomic E-state index is 0.662. The zero-order chi connectivity index (χ0) is 12.4. The van der Waals surface area contributed by atoms with Crippen LogP contribution in [0.5, 0.6) is 0 Å². The highest BCUT2D eigenvalue weighted by molar-refractivity contribution is 9.08. The second-order valence-corrected chi connectivity index (χ2v) is 6.13. The monoisotopic (exact) mass is 315 g/mol. The first-order valence-corrected chi connectivity index (χ1v) is 7.73. The van der Waals surface area contributed by atoms with Crippen LogP contribution < -0.4 is 4.90 Å². The van der Waals surface area contributed by atoms with Crippen molar-refractivity contribution in [3.05, 3.63) is 28.8 Å². The van der Waals surface area contributed by atoms with Crippen LogP contribution in [0.25, 0.3) is 0 Å². The molecule has 0 unspecified atom stereocenters. The molecule has 0 bridgehead atoms. The van der Waals surface area contributed by atoms with Crippen LogP contribution in [-0.4, -0.2) is 12.6 Å². The lowest BCUT2D eigenvalue weighted by Crippen LogP contribution is -2.30. The normalized spacial score (nSPS) is 15.4. The quantitative estimate of drug-likeness (QED) is 0.701. The molecule has 0 radical (unpaired) electrons. The molecule has 1 saturated carbocycles. The summed E-state index contributed by atoms with van der Waals surface area (Å²) in [6.45, 7) is 5.62. The van der Waals surface area contributed by atoms with Crippen LogP contribution in [0.15, 0.2) is 18.2 Å². The highest BCUT2D eigenvalue weighted by atomic mass is 79.9. The van der Waals surface area contributed by atoms with Gasteiger partial charge in [0, 0.05) is 17.9 Å². The van der Waals surface area contributed by atoms with Gasteiger partial charge in [-0.15, -0.1) is 0 Å². The van der Waals surface area contributed by atoms with Crippen LogP contribution in [0.1, 0.15) is 32.3 Å². The molecular formula is C14H19BrClN. The second-order valence-electron chi connectivity index (χ2n) is 5.16. The Hall–Kier alpha value is -0.210. The van der Waals surface area contributed by atoms with E-state index in [9.17, 15) is 0 Å². The second kappa shape index (κ2) is 5.62. The summed E-state index contributed by atoms with van der Waals surface area (Å²) in [6, 6.07) is 6.89. The molecule has 94 valence electrons. The summed E-state index contributed by atoms with van der Waals surface area (Å²) in [5.74, 6) is 0.662. The Bertz CT molecular complexity index is 388. The molecule has 17 heavy (non-hydrogen) atoms. The molecule has 0 atom stereocenters. The minimum absolute atomic E-state index is 0.662. The van der Waals surface area contributed by atoms with Gasteiger partial charge in [-0.05, 0) is 30.4 Å². The molecule has 0 N–H and O–H groups in total. The first kappa shape index (κ1) is 13.2. The molecule has 1 fully saturated rings. The van der Waals surface area contributed by atoms with Crippen LogP contribution in [0, 0.1) is 5.92 Å². The molecule has 1 aliphatic rings. The zero-order valence-corrected chi connectivity index (χ0v) is 12.8. The number of benzene rings is 1. The van der Waals surface area contributed by atoms with E-state index < -0.39 is 0 Å². The number of halogens is 2. The Morgan fingerprint density at radius 3 is 2.65 bits per heavy atom.